The van der Waals surface area contributed by atoms with Gasteiger partial charge in [0.25, 0.3) is 0 Å². The minimum absolute atomic E-state index is 0.524. The largest absolute Gasteiger partial charge is 0.390 e. The normalized spacial score (nSPS) is 34.4. The molecule has 90 valence electrons. The van der Waals surface area contributed by atoms with Gasteiger partial charge < -0.3 is 10.0 Å². The Balaban J connectivity index is 2.45. The van der Waals surface area contributed by atoms with Crippen LogP contribution in [0.4, 0.5) is 0 Å². The molecule has 3 unspecified atom stereocenters. The van der Waals surface area contributed by atoms with Crippen molar-refractivity contribution in [1.82, 2.24) is 4.90 Å². The molecule has 0 radical (unpaired) electrons. The zero-order chi connectivity index (χ0) is 11.6. The van der Waals surface area contributed by atoms with Crippen LogP contribution in [0.15, 0.2) is 0 Å². The van der Waals surface area contributed by atoms with Gasteiger partial charge in [0, 0.05) is 19.1 Å². The molecule has 1 aliphatic rings. The highest BCUT2D eigenvalue weighted by molar-refractivity contribution is 4.83. The van der Waals surface area contributed by atoms with E-state index in [0.29, 0.717) is 6.04 Å². The van der Waals surface area contributed by atoms with Gasteiger partial charge in [0.1, 0.15) is 0 Å². The van der Waals surface area contributed by atoms with E-state index in [9.17, 15) is 5.11 Å². The fourth-order valence-corrected chi connectivity index (χ4v) is 2.54. The first kappa shape index (κ1) is 13.0. The Hall–Kier alpha value is -0.0800. The van der Waals surface area contributed by atoms with Gasteiger partial charge in [-0.3, -0.25) is 0 Å². The van der Waals surface area contributed by atoms with Crippen LogP contribution >= 0.6 is 0 Å². The van der Waals surface area contributed by atoms with Crippen LogP contribution < -0.4 is 0 Å². The van der Waals surface area contributed by atoms with Gasteiger partial charge in [-0.15, -0.1) is 0 Å². The smallest absolute Gasteiger partial charge is 0.0603 e. The minimum Gasteiger partial charge on any atom is -0.390 e. The van der Waals surface area contributed by atoms with Gasteiger partial charge >= 0.3 is 0 Å². The Kier molecular flexibility index (Phi) is 4.19. The first-order valence-electron chi connectivity index (χ1n) is 6.26. The van der Waals surface area contributed by atoms with Crippen molar-refractivity contribution in [2.75, 3.05) is 13.1 Å². The van der Waals surface area contributed by atoms with E-state index in [-0.39, 0.29) is 0 Å². The third-order valence-corrected chi connectivity index (χ3v) is 3.73. The lowest BCUT2D eigenvalue weighted by molar-refractivity contribution is 0.0269. The molecule has 1 N–H and O–H groups in total. The van der Waals surface area contributed by atoms with Crippen LogP contribution in [0, 0.1) is 11.8 Å². The number of aliphatic hydroxyl groups is 1. The molecule has 0 aromatic rings. The van der Waals surface area contributed by atoms with Crippen molar-refractivity contribution in [3.05, 3.63) is 0 Å². The van der Waals surface area contributed by atoms with Crippen LogP contribution in [0.3, 0.4) is 0 Å². The van der Waals surface area contributed by atoms with Crippen LogP contribution in [0.2, 0.25) is 0 Å². The number of hydrogen-bond acceptors (Lipinski definition) is 2. The first-order valence-corrected chi connectivity index (χ1v) is 6.26. The van der Waals surface area contributed by atoms with Crippen LogP contribution in [0.5, 0.6) is 0 Å². The summed E-state index contributed by atoms with van der Waals surface area (Å²) in [6.45, 7) is 13.0. The Bertz CT molecular complexity index is 197. The van der Waals surface area contributed by atoms with Crippen molar-refractivity contribution in [3.8, 4) is 0 Å². The monoisotopic (exact) mass is 213 g/mol. The van der Waals surface area contributed by atoms with E-state index in [0.717, 1.165) is 24.8 Å². The summed E-state index contributed by atoms with van der Waals surface area (Å²) in [4.78, 5) is 2.54. The highest BCUT2D eigenvalue weighted by Crippen LogP contribution is 2.27. The maximum absolute atomic E-state index is 9.74. The fraction of sp³-hybridized carbons (Fsp3) is 1.00. The van der Waals surface area contributed by atoms with Crippen LogP contribution in [-0.4, -0.2) is 34.7 Å². The van der Waals surface area contributed by atoms with E-state index in [1.54, 1.807) is 0 Å². The molecule has 1 heterocycles. The van der Waals surface area contributed by atoms with Gasteiger partial charge in [0.05, 0.1) is 5.60 Å². The predicted octanol–water partition coefficient (Wildman–Crippen LogP) is 2.51. The first-order chi connectivity index (χ1) is 6.79. The molecule has 0 aromatic heterocycles. The summed E-state index contributed by atoms with van der Waals surface area (Å²) in [5, 5.41) is 9.74. The molecule has 0 aromatic carbocycles. The second-order valence-corrected chi connectivity index (χ2v) is 6.12. The van der Waals surface area contributed by atoms with Crippen LogP contribution in [0.25, 0.3) is 0 Å². The quantitative estimate of drug-likeness (QED) is 0.778. The average Bonchev–Trinajstić information content (AvgIpc) is 2.07. The van der Waals surface area contributed by atoms with Crippen molar-refractivity contribution in [2.24, 2.45) is 11.8 Å². The number of hydrogen-bond donors (Lipinski definition) is 1. The second kappa shape index (κ2) is 4.84. The van der Waals surface area contributed by atoms with E-state index in [1.165, 1.54) is 13.0 Å². The molecule has 0 spiro atoms. The summed E-state index contributed by atoms with van der Waals surface area (Å²) in [7, 11) is 0. The van der Waals surface area contributed by atoms with Crippen molar-refractivity contribution in [3.63, 3.8) is 0 Å². The van der Waals surface area contributed by atoms with Crippen molar-refractivity contribution in [2.45, 2.75) is 59.1 Å². The fourth-order valence-electron chi connectivity index (χ4n) is 2.54. The SMILES string of the molecule is CC1CC(C)C(C)N(CCC(C)(C)O)C1. The molecular weight excluding hydrogens is 186 g/mol. The molecule has 1 fully saturated rings. The van der Waals surface area contributed by atoms with Crippen molar-refractivity contribution in [1.29, 1.82) is 0 Å². The maximum Gasteiger partial charge on any atom is 0.0603 e. The van der Waals surface area contributed by atoms with E-state index >= 15 is 0 Å². The van der Waals surface area contributed by atoms with E-state index in [1.807, 2.05) is 13.8 Å². The highest BCUT2D eigenvalue weighted by Gasteiger charge is 2.29. The molecule has 2 heteroatoms. The Morgan fingerprint density at radius 2 is 1.87 bits per heavy atom. The van der Waals surface area contributed by atoms with Gasteiger partial charge in [0.15, 0.2) is 0 Å². The molecule has 0 saturated carbocycles. The third kappa shape index (κ3) is 4.12. The molecule has 1 rings (SSSR count). The topological polar surface area (TPSA) is 23.5 Å². The minimum atomic E-state index is -0.524. The van der Waals surface area contributed by atoms with Gasteiger partial charge in [-0.25, -0.2) is 0 Å². The lowest BCUT2D eigenvalue weighted by Gasteiger charge is -2.41. The summed E-state index contributed by atoms with van der Waals surface area (Å²) in [5.74, 6) is 1.59. The van der Waals surface area contributed by atoms with Crippen LogP contribution in [0.1, 0.15) is 47.5 Å². The van der Waals surface area contributed by atoms with Gasteiger partial charge in [-0.2, -0.15) is 0 Å². The van der Waals surface area contributed by atoms with Gasteiger partial charge in [-0.1, -0.05) is 13.8 Å². The summed E-state index contributed by atoms with van der Waals surface area (Å²) >= 11 is 0. The molecule has 1 saturated heterocycles. The van der Waals surface area contributed by atoms with E-state index in [4.69, 9.17) is 0 Å². The summed E-state index contributed by atoms with van der Waals surface area (Å²) in [6.07, 6.45) is 2.22. The number of nitrogens with zero attached hydrogens (tertiary/aromatic N) is 1. The molecule has 0 amide bonds. The predicted molar refractivity (Wildman–Crippen MR) is 64.9 cm³/mol. The molecule has 3 atom stereocenters. The molecule has 1 aliphatic heterocycles. The van der Waals surface area contributed by atoms with Gasteiger partial charge in [-0.05, 0) is 45.4 Å². The maximum atomic E-state index is 9.74. The lowest BCUT2D eigenvalue weighted by atomic mass is 9.85. The molecule has 0 aliphatic carbocycles. The zero-order valence-corrected chi connectivity index (χ0v) is 11.0. The van der Waals surface area contributed by atoms with Gasteiger partial charge in [0.2, 0.25) is 0 Å². The summed E-state index contributed by atoms with van der Waals surface area (Å²) < 4.78 is 0. The standard InChI is InChI=1S/C13H27NO/c1-10-8-11(2)12(3)14(9-10)7-6-13(4,5)15/h10-12,15H,6-9H2,1-5H3. The van der Waals surface area contributed by atoms with Crippen molar-refractivity contribution < 1.29 is 5.11 Å². The second-order valence-electron chi connectivity index (χ2n) is 6.12. The van der Waals surface area contributed by atoms with E-state index in [2.05, 4.69) is 25.7 Å². The lowest BCUT2D eigenvalue weighted by Crippen LogP contribution is -2.47. The third-order valence-electron chi connectivity index (χ3n) is 3.73. The Labute approximate surface area is 94.7 Å². The molecular formula is C13H27NO. The highest BCUT2D eigenvalue weighted by atomic mass is 16.3. The number of likely N-dealkylation sites (tertiary alicyclic amines) is 1. The average molecular weight is 213 g/mol. The number of piperidine rings is 1. The van der Waals surface area contributed by atoms with Crippen LogP contribution in [-0.2, 0) is 0 Å². The van der Waals surface area contributed by atoms with E-state index < -0.39 is 5.60 Å². The zero-order valence-electron chi connectivity index (χ0n) is 11.0. The molecule has 2 nitrogen and oxygen atoms in total. The Morgan fingerprint density at radius 1 is 1.27 bits per heavy atom. The van der Waals surface area contributed by atoms with Crippen molar-refractivity contribution >= 4 is 0 Å². The molecule has 0 bridgehead atoms. The summed E-state index contributed by atoms with van der Waals surface area (Å²) in [5.41, 5.74) is -0.524. The number of rotatable bonds is 3. The molecule has 15 heavy (non-hydrogen) atoms. The Morgan fingerprint density at radius 3 is 2.40 bits per heavy atom. The summed E-state index contributed by atoms with van der Waals surface area (Å²) in [6, 6.07) is 0.670.